The van der Waals surface area contributed by atoms with Gasteiger partial charge in [-0.3, -0.25) is 4.68 Å². The average Bonchev–Trinajstić information content (AvgIpc) is 3.44. The molecule has 2 saturated carbocycles. The van der Waals surface area contributed by atoms with E-state index in [0.717, 1.165) is 23.7 Å². The molecule has 0 aromatic carbocycles. The summed E-state index contributed by atoms with van der Waals surface area (Å²) < 4.78 is 1.92. The van der Waals surface area contributed by atoms with Crippen molar-refractivity contribution in [2.24, 2.45) is 36.1 Å². The second-order valence-corrected chi connectivity index (χ2v) is 9.53. The van der Waals surface area contributed by atoms with Crippen LogP contribution in [0.15, 0.2) is 12.4 Å². The van der Waals surface area contributed by atoms with Crippen LogP contribution in [-0.4, -0.2) is 9.78 Å². The fraction of sp³-hybridized carbons (Fsp3) is 0.864. The highest BCUT2D eigenvalue weighted by Gasteiger charge is 2.49. The monoisotopic (exact) mass is 330 g/mol. The largest absolute Gasteiger partial charge is 0.276 e. The molecule has 0 aliphatic heterocycles. The molecule has 0 radical (unpaired) electrons. The molecular weight excluding hydrogens is 292 g/mol. The molecule has 2 heteroatoms. The molecule has 0 saturated heterocycles. The fourth-order valence-electron chi connectivity index (χ4n) is 4.81. The molecule has 1 aromatic rings. The van der Waals surface area contributed by atoms with Crippen molar-refractivity contribution in [1.29, 1.82) is 0 Å². The Hall–Kier alpha value is -0.790. The maximum atomic E-state index is 4.30. The summed E-state index contributed by atoms with van der Waals surface area (Å²) in [6, 6.07) is 0. The first-order valence-electron chi connectivity index (χ1n) is 10.4. The Bertz CT molecular complexity index is 524. The van der Waals surface area contributed by atoms with Crippen molar-refractivity contribution in [2.45, 2.75) is 85.0 Å². The van der Waals surface area contributed by atoms with Gasteiger partial charge in [0.25, 0.3) is 0 Å². The van der Waals surface area contributed by atoms with Crippen LogP contribution in [0.25, 0.3) is 0 Å². The minimum Gasteiger partial charge on any atom is -0.276 e. The summed E-state index contributed by atoms with van der Waals surface area (Å²) in [5.41, 5.74) is 2.03. The zero-order valence-electron chi connectivity index (χ0n) is 16.6. The van der Waals surface area contributed by atoms with E-state index in [1.807, 2.05) is 17.9 Å². The van der Waals surface area contributed by atoms with Gasteiger partial charge in [-0.15, -0.1) is 0 Å². The SMILES string of the molecule is CC(CCCCC1CC1CC(C)(C(C)C)C1CC1)c1cnn(C)c1. The summed E-state index contributed by atoms with van der Waals surface area (Å²) in [5, 5.41) is 4.30. The molecule has 2 aliphatic rings. The van der Waals surface area contributed by atoms with Crippen LogP contribution in [0.2, 0.25) is 0 Å². The summed E-state index contributed by atoms with van der Waals surface area (Å²) in [6.07, 6.45) is 15.8. The normalized spacial score (nSPS) is 27.2. The summed E-state index contributed by atoms with van der Waals surface area (Å²) in [7, 11) is 2.01. The lowest BCUT2D eigenvalue weighted by Crippen LogP contribution is -2.27. The first-order chi connectivity index (χ1) is 11.4. The van der Waals surface area contributed by atoms with Crippen molar-refractivity contribution in [3.05, 3.63) is 18.0 Å². The molecule has 2 nitrogen and oxygen atoms in total. The third-order valence-electron chi connectivity index (χ3n) is 7.36. The van der Waals surface area contributed by atoms with Crippen LogP contribution < -0.4 is 0 Å². The molecule has 1 aromatic heterocycles. The Balaban J connectivity index is 1.33. The molecule has 136 valence electrons. The van der Waals surface area contributed by atoms with Crippen molar-refractivity contribution in [3.63, 3.8) is 0 Å². The molecule has 0 bridgehead atoms. The van der Waals surface area contributed by atoms with E-state index >= 15 is 0 Å². The minimum absolute atomic E-state index is 0.633. The quantitative estimate of drug-likeness (QED) is 0.468. The smallest absolute Gasteiger partial charge is 0.0524 e. The van der Waals surface area contributed by atoms with Crippen LogP contribution in [0, 0.1) is 29.1 Å². The van der Waals surface area contributed by atoms with E-state index in [0.29, 0.717) is 11.3 Å². The van der Waals surface area contributed by atoms with Crippen LogP contribution in [0.1, 0.15) is 90.5 Å². The minimum atomic E-state index is 0.633. The van der Waals surface area contributed by atoms with Gasteiger partial charge in [0, 0.05) is 13.2 Å². The number of rotatable bonds is 10. The Morgan fingerprint density at radius 1 is 1.21 bits per heavy atom. The number of aromatic nitrogens is 2. The topological polar surface area (TPSA) is 17.8 Å². The van der Waals surface area contributed by atoms with Gasteiger partial charge in [0.2, 0.25) is 0 Å². The highest BCUT2D eigenvalue weighted by molar-refractivity contribution is 5.09. The molecule has 0 amide bonds. The van der Waals surface area contributed by atoms with Crippen LogP contribution in [0.3, 0.4) is 0 Å². The van der Waals surface area contributed by atoms with Gasteiger partial charge in [-0.2, -0.15) is 5.10 Å². The first kappa shape index (κ1) is 18.0. The number of hydrogen-bond donors (Lipinski definition) is 0. The first-order valence-corrected chi connectivity index (χ1v) is 10.4. The molecule has 0 N–H and O–H groups in total. The highest BCUT2D eigenvalue weighted by atomic mass is 15.2. The van der Waals surface area contributed by atoms with E-state index < -0.39 is 0 Å². The van der Waals surface area contributed by atoms with Crippen LogP contribution in [0.5, 0.6) is 0 Å². The lowest BCUT2D eigenvalue weighted by Gasteiger charge is -2.34. The van der Waals surface area contributed by atoms with Crippen molar-refractivity contribution < 1.29 is 0 Å². The fourth-order valence-corrected chi connectivity index (χ4v) is 4.81. The Morgan fingerprint density at radius 3 is 2.54 bits per heavy atom. The van der Waals surface area contributed by atoms with Gasteiger partial charge in [0.15, 0.2) is 0 Å². The van der Waals surface area contributed by atoms with Gasteiger partial charge in [0.05, 0.1) is 6.20 Å². The Kier molecular flexibility index (Phi) is 5.42. The predicted molar refractivity (Wildman–Crippen MR) is 102 cm³/mol. The van der Waals surface area contributed by atoms with Crippen molar-refractivity contribution in [2.75, 3.05) is 0 Å². The van der Waals surface area contributed by atoms with Crippen molar-refractivity contribution >= 4 is 0 Å². The molecule has 2 aliphatic carbocycles. The molecule has 2 fully saturated rings. The number of nitrogens with zero attached hydrogens (tertiary/aromatic N) is 2. The standard InChI is InChI=1S/C22H38N2/c1-16(2)22(4,21-10-11-21)13-19-12-18(19)9-7-6-8-17(3)20-14-23-24(5)15-20/h14-19,21H,6-13H2,1-5H3. The lowest BCUT2D eigenvalue weighted by atomic mass is 9.71. The molecule has 3 rings (SSSR count). The van der Waals surface area contributed by atoms with Crippen LogP contribution in [0.4, 0.5) is 0 Å². The number of aryl methyl sites for hydroxylation is 1. The Labute approximate surface area is 149 Å². The third-order valence-corrected chi connectivity index (χ3v) is 7.36. The van der Waals surface area contributed by atoms with E-state index in [2.05, 4.69) is 39.0 Å². The maximum Gasteiger partial charge on any atom is 0.0524 e. The molecule has 24 heavy (non-hydrogen) atoms. The van der Waals surface area contributed by atoms with E-state index in [1.54, 1.807) is 0 Å². The second kappa shape index (κ2) is 7.22. The predicted octanol–water partition coefficient (Wildman–Crippen LogP) is 6.18. The zero-order chi connectivity index (χ0) is 17.3. The summed E-state index contributed by atoms with van der Waals surface area (Å²) in [4.78, 5) is 0. The van der Waals surface area contributed by atoms with Gasteiger partial charge in [-0.1, -0.05) is 47.0 Å². The molecule has 1 heterocycles. The van der Waals surface area contributed by atoms with E-state index in [4.69, 9.17) is 0 Å². The third kappa shape index (κ3) is 4.24. The zero-order valence-corrected chi connectivity index (χ0v) is 16.6. The van der Waals surface area contributed by atoms with E-state index in [9.17, 15) is 0 Å². The van der Waals surface area contributed by atoms with Gasteiger partial charge in [0.1, 0.15) is 0 Å². The average molecular weight is 331 g/mol. The van der Waals surface area contributed by atoms with Crippen molar-refractivity contribution in [3.8, 4) is 0 Å². The van der Waals surface area contributed by atoms with Gasteiger partial charge >= 0.3 is 0 Å². The van der Waals surface area contributed by atoms with Crippen LogP contribution >= 0.6 is 0 Å². The molecule has 0 spiro atoms. The van der Waals surface area contributed by atoms with Crippen LogP contribution in [-0.2, 0) is 7.05 Å². The van der Waals surface area contributed by atoms with Crippen molar-refractivity contribution in [1.82, 2.24) is 9.78 Å². The lowest BCUT2D eigenvalue weighted by molar-refractivity contribution is 0.147. The summed E-state index contributed by atoms with van der Waals surface area (Å²) in [6.45, 7) is 9.84. The van der Waals surface area contributed by atoms with E-state index in [1.165, 1.54) is 56.9 Å². The highest BCUT2D eigenvalue weighted by Crippen LogP contribution is 2.58. The summed E-state index contributed by atoms with van der Waals surface area (Å²) >= 11 is 0. The van der Waals surface area contributed by atoms with E-state index in [-0.39, 0.29) is 0 Å². The summed E-state index contributed by atoms with van der Waals surface area (Å²) in [5.74, 6) is 4.66. The van der Waals surface area contributed by atoms with Gasteiger partial charge in [-0.05, 0) is 72.7 Å². The molecule has 4 atom stereocenters. The Morgan fingerprint density at radius 2 is 1.96 bits per heavy atom. The van der Waals surface area contributed by atoms with Gasteiger partial charge < -0.3 is 0 Å². The maximum absolute atomic E-state index is 4.30. The van der Waals surface area contributed by atoms with Gasteiger partial charge in [-0.25, -0.2) is 0 Å². The number of hydrogen-bond acceptors (Lipinski definition) is 1. The molecular formula is C22H38N2. The number of unbranched alkanes of at least 4 members (excludes halogenated alkanes) is 1. The second-order valence-electron chi connectivity index (χ2n) is 9.53. The molecule has 4 unspecified atom stereocenters.